The van der Waals surface area contributed by atoms with Crippen molar-refractivity contribution in [3.8, 4) is 0 Å². The molecule has 4 aromatic carbocycles. The Hall–Kier alpha value is -3.12. The van der Waals surface area contributed by atoms with Crippen molar-refractivity contribution in [2.45, 2.75) is 93.4 Å². The highest BCUT2D eigenvalue weighted by molar-refractivity contribution is 5.62. The molecule has 0 N–H and O–H groups in total. The van der Waals surface area contributed by atoms with Crippen LogP contribution in [0.4, 0.5) is 0 Å². The van der Waals surface area contributed by atoms with Crippen molar-refractivity contribution in [1.29, 1.82) is 0 Å². The molecule has 0 fully saturated rings. The summed E-state index contributed by atoms with van der Waals surface area (Å²) in [5, 5.41) is 0. The van der Waals surface area contributed by atoms with Crippen LogP contribution < -0.4 is 0 Å². The van der Waals surface area contributed by atoms with Crippen LogP contribution >= 0.6 is 0 Å². The molecule has 2 atom stereocenters. The molecule has 4 aromatic rings. The van der Waals surface area contributed by atoms with Gasteiger partial charge in [0.15, 0.2) is 0 Å². The van der Waals surface area contributed by atoms with Gasteiger partial charge in [0.1, 0.15) is 0 Å². The van der Waals surface area contributed by atoms with Gasteiger partial charge in [-0.25, -0.2) is 0 Å². The lowest BCUT2D eigenvalue weighted by atomic mass is 9.67. The minimum atomic E-state index is -0.162. The van der Waals surface area contributed by atoms with E-state index in [2.05, 4.69) is 124 Å². The van der Waals surface area contributed by atoms with Gasteiger partial charge in [-0.3, -0.25) is 0 Å². The first kappa shape index (κ1) is 32.9. The summed E-state index contributed by atoms with van der Waals surface area (Å²) in [7, 11) is 0. The van der Waals surface area contributed by atoms with E-state index in [9.17, 15) is 0 Å². The summed E-state index contributed by atoms with van der Waals surface area (Å²) >= 11 is 0. The van der Waals surface area contributed by atoms with Crippen LogP contribution in [0.1, 0.15) is 108 Å². The molecule has 2 unspecified atom stereocenters. The first-order valence-electron chi connectivity index (χ1n) is 14.8. The molecule has 0 bridgehead atoms. The molecule has 0 saturated carbocycles. The van der Waals surface area contributed by atoms with Gasteiger partial charge in [-0.05, 0) is 48.1 Å². The number of fused-ring (bicyclic) bond motifs is 1. The van der Waals surface area contributed by atoms with Gasteiger partial charge < -0.3 is 0 Å². The Labute approximate surface area is 235 Å². The highest BCUT2D eigenvalue weighted by Gasteiger charge is 2.52. The molecule has 0 amide bonds. The predicted octanol–water partition coefficient (Wildman–Crippen LogP) is 11.5. The third kappa shape index (κ3) is 6.47. The van der Waals surface area contributed by atoms with E-state index in [4.69, 9.17) is 0 Å². The zero-order valence-corrected chi connectivity index (χ0v) is 26.0. The first-order valence-corrected chi connectivity index (χ1v) is 14.8. The Bertz CT molecular complexity index is 1170. The molecular formula is C38H52. The zero-order chi connectivity index (χ0) is 28.8. The summed E-state index contributed by atoms with van der Waals surface area (Å²) in [6, 6.07) is 38.5. The number of hydrogen-bond acceptors (Lipinski definition) is 0. The highest BCUT2D eigenvalue weighted by atomic mass is 14.5. The van der Waals surface area contributed by atoms with Crippen LogP contribution in [0.3, 0.4) is 0 Å². The topological polar surface area (TPSA) is 0 Å². The number of aryl methyl sites for hydroxylation is 2. The van der Waals surface area contributed by atoms with E-state index in [0.29, 0.717) is 0 Å². The average molecular weight is 509 g/mol. The molecule has 0 aliphatic heterocycles. The second kappa shape index (κ2) is 16.0. The van der Waals surface area contributed by atoms with E-state index in [-0.39, 0.29) is 10.8 Å². The average Bonchev–Trinajstić information content (AvgIpc) is 3.29. The van der Waals surface area contributed by atoms with E-state index in [1.165, 1.54) is 38.9 Å². The SMILES string of the molecule is CC.CC.CC.CC.Cc1ccc(C2(C)CC(c3ccccc3)(c3ccc(C)cc3)c3ccccc32)cc1. The van der Waals surface area contributed by atoms with Crippen molar-refractivity contribution in [2.75, 3.05) is 0 Å². The van der Waals surface area contributed by atoms with E-state index in [1.807, 2.05) is 55.4 Å². The summed E-state index contributed by atoms with van der Waals surface area (Å²) in [6.45, 7) is 22.8. The second-order valence-corrected chi connectivity index (χ2v) is 9.06. The Morgan fingerprint density at radius 3 is 1.26 bits per heavy atom. The fraction of sp³-hybridized carbons (Fsp3) is 0.368. The van der Waals surface area contributed by atoms with Crippen molar-refractivity contribution < 1.29 is 0 Å². The van der Waals surface area contributed by atoms with Gasteiger partial charge in [-0.15, -0.1) is 0 Å². The summed E-state index contributed by atoms with van der Waals surface area (Å²) in [6.07, 6.45) is 1.02. The molecule has 0 spiro atoms. The smallest absolute Gasteiger partial charge is 0.0466 e. The van der Waals surface area contributed by atoms with Gasteiger partial charge in [0.05, 0.1) is 0 Å². The highest BCUT2D eigenvalue weighted by Crippen LogP contribution is 2.58. The van der Waals surface area contributed by atoms with E-state index in [1.54, 1.807) is 0 Å². The summed E-state index contributed by atoms with van der Waals surface area (Å²) in [5.41, 5.74) is 9.42. The van der Waals surface area contributed by atoms with E-state index >= 15 is 0 Å². The lowest BCUT2D eigenvalue weighted by molar-refractivity contribution is 0.473. The van der Waals surface area contributed by atoms with Crippen LogP contribution in [-0.2, 0) is 10.8 Å². The summed E-state index contributed by atoms with van der Waals surface area (Å²) in [4.78, 5) is 0. The molecule has 1 aliphatic rings. The quantitative estimate of drug-likeness (QED) is 0.258. The van der Waals surface area contributed by atoms with Crippen molar-refractivity contribution in [3.05, 3.63) is 142 Å². The Kier molecular flexibility index (Phi) is 13.8. The van der Waals surface area contributed by atoms with Crippen molar-refractivity contribution in [2.24, 2.45) is 0 Å². The summed E-state index contributed by atoms with van der Waals surface area (Å²) < 4.78 is 0. The minimum absolute atomic E-state index is 0.0506. The summed E-state index contributed by atoms with van der Waals surface area (Å²) in [5.74, 6) is 0. The van der Waals surface area contributed by atoms with Crippen LogP contribution in [-0.4, -0.2) is 0 Å². The first-order chi connectivity index (χ1) is 18.5. The minimum Gasteiger partial charge on any atom is -0.0683 e. The van der Waals surface area contributed by atoms with Gasteiger partial charge in [-0.2, -0.15) is 0 Å². The molecule has 0 nitrogen and oxygen atoms in total. The molecule has 38 heavy (non-hydrogen) atoms. The maximum atomic E-state index is 2.43. The van der Waals surface area contributed by atoms with E-state index < -0.39 is 0 Å². The molecule has 0 saturated heterocycles. The fourth-order valence-electron chi connectivity index (χ4n) is 5.48. The fourth-order valence-corrected chi connectivity index (χ4v) is 5.48. The van der Waals surface area contributed by atoms with Gasteiger partial charge in [0.25, 0.3) is 0 Å². The molecular weight excluding hydrogens is 456 g/mol. The molecule has 1 aliphatic carbocycles. The van der Waals surface area contributed by atoms with Crippen LogP contribution in [0.5, 0.6) is 0 Å². The van der Waals surface area contributed by atoms with Crippen LogP contribution in [0.2, 0.25) is 0 Å². The van der Waals surface area contributed by atoms with Gasteiger partial charge in [-0.1, -0.05) is 177 Å². The second-order valence-electron chi connectivity index (χ2n) is 9.06. The number of hydrogen-bond donors (Lipinski definition) is 0. The van der Waals surface area contributed by atoms with E-state index in [0.717, 1.165) is 6.42 Å². The van der Waals surface area contributed by atoms with Crippen LogP contribution in [0, 0.1) is 13.8 Å². The Balaban J connectivity index is 0.000000829. The number of rotatable bonds is 3. The van der Waals surface area contributed by atoms with Crippen LogP contribution in [0.25, 0.3) is 0 Å². The standard InChI is InChI=1S/C30H28.4C2H6/c1-22-13-17-24(18-14-22)29(3)21-30(25-9-5-4-6-10-25,26-19-15-23(2)16-20-26)28-12-8-7-11-27(28)29;4*1-2/h4-20H,21H2,1-3H3;4*1-2H3. The Morgan fingerprint density at radius 1 is 0.421 bits per heavy atom. The molecule has 0 heteroatoms. The van der Waals surface area contributed by atoms with Gasteiger partial charge in [0, 0.05) is 10.8 Å². The van der Waals surface area contributed by atoms with Gasteiger partial charge >= 0.3 is 0 Å². The van der Waals surface area contributed by atoms with Crippen LogP contribution in [0.15, 0.2) is 103 Å². The maximum absolute atomic E-state index is 2.43. The third-order valence-electron chi connectivity index (χ3n) is 7.10. The molecule has 5 rings (SSSR count). The third-order valence-corrected chi connectivity index (χ3v) is 7.10. The number of benzene rings is 4. The monoisotopic (exact) mass is 508 g/mol. The molecule has 0 radical (unpaired) electrons. The van der Waals surface area contributed by atoms with Crippen molar-refractivity contribution >= 4 is 0 Å². The van der Waals surface area contributed by atoms with Gasteiger partial charge in [0.2, 0.25) is 0 Å². The van der Waals surface area contributed by atoms with Crippen molar-refractivity contribution in [3.63, 3.8) is 0 Å². The maximum Gasteiger partial charge on any atom is 0.0466 e. The predicted molar refractivity (Wildman–Crippen MR) is 172 cm³/mol. The normalized spacial score (nSPS) is 18.5. The molecule has 0 heterocycles. The lowest BCUT2D eigenvalue weighted by Crippen LogP contribution is -2.30. The lowest BCUT2D eigenvalue weighted by Gasteiger charge is -2.35. The molecule has 204 valence electrons. The zero-order valence-electron chi connectivity index (χ0n) is 26.0. The van der Waals surface area contributed by atoms with Crippen molar-refractivity contribution in [1.82, 2.24) is 0 Å². The largest absolute Gasteiger partial charge is 0.0683 e. The Morgan fingerprint density at radius 2 is 0.789 bits per heavy atom. The molecule has 0 aromatic heterocycles.